The maximum absolute atomic E-state index is 12.1. The van der Waals surface area contributed by atoms with Crippen molar-refractivity contribution in [3.05, 3.63) is 30.1 Å². The van der Waals surface area contributed by atoms with Crippen molar-refractivity contribution in [3.8, 4) is 0 Å². The molecule has 1 aliphatic rings. The van der Waals surface area contributed by atoms with E-state index in [2.05, 4.69) is 10.00 Å². The van der Waals surface area contributed by atoms with Crippen molar-refractivity contribution >= 4 is 17.0 Å². The molecule has 22 heavy (non-hydrogen) atoms. The molecule has 6 heteroatoms. The van der Waals surface area contributed by atoms with Crippen LogP contribution in [0.5, 0.6) is 0 Å². The van der Waals surface area contributed by atoms with Gasteiger partial charge in [-0.15, -0.1) is 0 Å². The predicted molar refractivity (Wildman–Crippen MR) is 83.2 cm³/mol. The van der Waals surface area contributed by atoms with Crippen LogP contribution in [0.4, 0.5) is 5.69 Å². The molecule has 0 bridgehead atoms. The van der Waals surface area contributed by atoms with Crippen molar-refractivity contribution in [3.63, 3.8) is 0 Å². The van der Waals surface area contributed by atoms with E-state index < -0.39 is 5.41 Å². The minimum absolute atomic E-state index is 0.0168. The molecule has 2 N–H and O–H groups in total. The molecule has 1 fully saturated rings. The van der Waals surface area contributed by atoms with Gasteiger partial charge in [-0.1, -0.05) is 13.8 Å². The summed E-state index contributed by atoms with van der Waals surface area (Å²) in [5, 5.41) is 23.0. The summed E-state index contributed by atoms with van der Waals surface area (Å²) in [5.74, 6) is 0.0315. The van der Waals surface area contributed by atoms with Gasteiger partial charge in [-0.05, 0) is 12.1 Å². The highest BCUT2D eigenvalue weighted by Crippen LogP contribution is 2.34. The first kappa shape index (κ1) is 15.0. The zero-order valence-electron chi connectivity index (χ0n) is 12.9. The van der Waals surface area contributed by atoms with Crippen LogP contribution in [0.2, 0.25) is 0 Å². The van der Waals surface area contributed by atoms with E-state index in [4.69, 9.17) is 0 Å². The summed E-state index contributed by atoms with van der Waals surface area (Å²) in [6.07, 6.45) is 3.49. The van der Waals surface area contributed by atoms with E-state index in [1.807, 2.05) is 32.2 Å². The third-order valence-electron chi connectivity index (χ3n) is 4.38. The lowest BCUT2D eigenvalue weighted by molar-refractivity contribution is 0.0306. The normalized spacial score (nSPS) is 17.0. The maximum Gasteiger partial charge on any atom is 0.169 e. The van der Waals surface area contributed by atoms with Gasteiger partial charge in [0.05, 0.1) is 47.8 Å². The quantitative estimate of drug-likeness (QED) is 0.805. The van der Waals surface area contributed by atoms with E-state index in [1.165, 1.54) is 0 Å². The Morgan fingerprint density at radius 3 is 2.59 bits per heavy atom. The molecule has 2 aromatic rings. The summed E-state index contributed by atoms with van der Waals surface area (Å²) in [6.45, 7) is 4.95. The van der Waals surface area contributed by atoms with Crippen LogP contribution in [0.25, 0.3) is 5.52 Å². The van der Waals surface area contributed by atoms with Crippen LogP contribution in [0.3, 0.4) is 0 Å². The Morgan fingerprint density at radius 2 is 2.00 bits per heavy atom. The minimum Gasteiger partial charge on any atom is -0.396 e. The molecule has 0 atom stereocenters. The Kier molecular flexibility index (Phi) is 3.66. The molecule has 0 amide bonds. The first-order chi connectivity index (χ1) is 10.5. The number of ketones is 1. The van der Waals surface area contributed by atoms with Gasteiger partial charge < -0.3 is 15.1 Å². The third kappa shape index (κ3) is 2.28. The van der Waals surface area contributed by atoms with E-state index in [9.17, 15) is 15.0 Å². The highest BCUT2D eigenvalue weighted by Gasteiger charge is 2.42. The first-order valence-electron chi connectivity index (χ1n) is 7.48. The maximum atomic E-state index is 12.1. The second-order valence-electron chi connectivity index (χ2n) is 6.47. The number of hydrogen-bond donors (Lipinski definition) is 2. The Morgan fingerprint density at radius 1 is 1.32 bits per heavy atom. The van der Waals surface area contributed by atoms with Gasteiger partial charge in [0.15, 0.2) is 5.78 Å². The van der Waals surface area contributed by atoms with Gasteiger partial charge in [-0.2, -0.15) is 5.10 Å². The van der Waals surface area contributed by atoms with Crippen molar-refractivity contribution in [2.45, 2.75) is 13.8 Å². The van der Waals surface area contributed by atoms with Gasteiger partial charge in [0.25, 0.3) is 0 Å². The van der Waals surface area contributed by atoms with Gasteiger partial charge >= 0.3 is 0 Å². The summed E-state index contributed by atoms with van der Waals surface area (Å²) in [6, 6.07) is 3.85. The largest absolute Gasteiger partial charge is 0.396 e. The number of aliphatic hydroxyl groups excluding tert-OH is 2. The average Bonchev–Trinajstić information content (AvgIpc) is 2.89. The van der Waals surface area contributed by atoms with Crippen LogP contribution >= 0.6 is 0 Å². The second kappa shape index (κ2) is 5.37. The molecule has 0 aromatic carbocycles. The molecule has 2 aromatic heterocycles. The van der Waals surface area contributed by atoms with Crippen molar-refractivity contribution < 1.29 is 15.0 Å². The lowest BCUT2D eigenvalue weighted by atomic mass is 9.81. The van der Waals surface area contributed by atoms with Crippen LogP contribution < -0.4 is 4.90 Å². The molecule has 6 nitrogen and oxygen atoms in total. The SMILES string of the molecule is CC(C)C(=O)c1cnn2cc(N3CC(CO)(CO)C3)ccc12. The molecule has 1 saturated heterocycles. The summed E-state index contributed by atoms with van der Waals surface area (Å²) in [7, 11) is 0. The topological polar surface area (TPSA) is 78.1 Å². The van der Waals surface area contributed by atoms with E-state index in [-0.39, 0.29) is 24.9 Å². The van der Waals surface area contributed by atoms with Crippen LogP contribution in [0.15, 0.2) is 24.5 Å². The summed E-state index contributed by atoms with van der Waals surface area (Å²) in [5.41, 5.74) is 2.01. The highest BCUT2D eigenvalue weighted by molar-refractivity contribution is 6.03. The van der Waals surface area contributed by atoms with E-state index in [1.54, 1.807) is 10.7 Å². The molecular formula is C16H21N3O3. The highest BCUT2D eigenvalue weighted by atomic mass is 16.3. The lowest BCUT2D eigenvalue weighted by Gasteiger charge is -2.49. The number of Topliss-reactive ketones (excluding diaryl/α,β-unsaturated/α-hetero) is 1. The number of hydrogen-bond acceptors (Lipinski definition) is 5. The number of carbonyl (C=O) groups is 1. The molecule has 118 valence electrons. The Balaban J connectivity index is 1.85. The molecular weight excluding hydrogens is 282 g/mol. The zero-order chi connectivity index (χ0) is 15.9. The summed E-state index contributed by atoms with van der Waals surface area (Å²) in [4.78, 5) is 14.2. The van der Waals surface area contributed by atoms with Gasteiger partial charge in [-0.3, -0.25) is 4.79 Å². The molecule has 0 saturated carbocycles. The van der Waals surface area contributed by atoms with Gasteiger partial charge in [-0.25, -0.2) is 4.52 Å². The number of aromatic nitrogens is 2. The fourth-order valence-electron chi connectivity index (χ4n) is 2.86. The van der Waals surface area contributed by atoms with Crippen molar-refractivity contribution in [1.82, 2.24) is 9.61 Å². The molecule has 0 spiro atoms. The van der Waals surface area contributed by atoms with E-state index in [0.717, 1.165) is 11.2 Å². The van der Waals surface area contributed by atoms with Gasteiger partial charge in [0.2, 0.25) is 0 Å². The minimum atomic E-state index is -0.405. The van der Waals surface area contributed by atoms with Crippen molar-refractivity contribution in [1.29, 1.82) is 0 Å². The zero-order valence-corrected chi connectivity index (χ0v) is 12.9. The molecule has 0 aliphatic carbocycles. The second-order valence-corrected chi connectivity index (χ2v) is 6.47. The fraction of sp³-hybridized carbons (Fsp3) is 0.500. The molecule has 3 heterocycles. The first-order valence-corrected chi connectivity index (χ1v) is 7.48. The number of aliphatic hydroxyl groups is 2. The van der Waals surface area contributed by atoms with Crippen LogP contribution in [-0.4, -0.2) is 51.9 Å². The predicted octanol–water partition coefficient (Wildman–Crippen LogP) is 0.964. The van der Waals surface area contributed by atoms with Crippen molar-refractivity contribution in [2.75, 3.05) is 31.2 Å². The smallest absolute Gasteiger partial charge is 0.169 e. The molecule has 0 radical (unpaired) electrons. The summed E-state index contributed by atoms with van der Waals surface area (Å²) < 4.78 is 1.71. The average molecular weight is 303 g/mol. The number of fused-ring (bicyclic) bond motifs is 1. The summed E-state index contributed by atoms with van der Waals surface area (Å²) >= 11 is 0. The van der Waals surface area contributed by atoms with Gasteiger partial charge in [0.1, 0.15) is 0 Å². The van der Waals surface area contributed by atoms with E-state index in [0.29, 0.717) is 18.7 Å². The Hall–Kier alpha value is -1.92. The Labute approximate surface area is 129 Å². The Bertz CT molecular complexity index is 696. The number of anilines is 1. The third-order valence-corrected chi connectivity index (χ3v) is 4.38. The monoisotopic (exact) mass is 303 g/mol. The fourth-order valence-corrected chi connectivity index (χ4v) is 2.86. The van der Waals surface area contributed by atoms with E-state index >= 15 is 0 Å². The lowest BCUT2D eigenvalue weighted by Crippen LogP contribution is -2.60. The standard InChI is InChI=1S/C16H21N3O3/c1-11(2)15(22)13-5-17-19-6-12(3-4-14(13)19)18-7-16(8-18,9-20)10-21/h3-6,11,20-21H,7-10H2,1-2H3. The molecule has 1 aliphatic heterocycles. The number of carbonyl (C=O) groups excluding carboxylic acids is 1. The number of rotatable bonds is 5. The van der Waals surface area contributed by atoms with Crippen LogP contribution in [0, 0.1) is 11.3 Å². The van der Waals surface area contributed by atoms with Gasteiger partial charge in [0, 0.05) is 19.0 Å². The van der Waals surface area contributed by atoms with Crippen molar-refractivity contribution in [2.24, 2.45) is 11.3 Å². The molecule has 0 unspecified atom stereocenters. The number of nitrogens with zero attached hydrogens (tertiary/aromatic N) is 3. The number of pyridine rings is 1. The van der Waals surface area contributed by atoms with Crippen LogP contribution in [-0.2, 0) is 0 Å². The van der Waals surface area contributed by atoms with Crippen LogP contribution in [0.1, 0.15) is 24.2 Å². The molecule has 3 rings (SSSR count).